The number of carbonyl (C=O) groups is 5. The molecular formula is C25H26N2O9. The van der Waals surface area contributed by atoms with E-state index in [1.807, 2.05) is 30.3 Å². The number of carbonyl (C=O) groups excluding carboxylic acids is 4. The number of hydrogen-bond acceptors (Lipinski definition) is 8. The predicted molar refractivity (Wildman–Crippen MR) is 125 cm³/mol. The molecule has 2 atom stereocenters. The number of nitrogens with zero attached hydrogens (tertiary/aromatic N) is 2. The summed E-state index contributed by atoms with van der Waals surface area (Å²) in [6.45, 7) is 0.928. The first-order chi connectivity index (χ1) is 17.2. The van der Waals surface area contributed by atoms with Gasteiger partial charge in [-0.15, -0.1) is 0 Å². The highest BCUT2D eigenvalue weighted by molar-refractivity contribution is 6.02. The lowest BCUT2D eigenvalue weighted by molar-refractivity contribution is -0.177. The molecule has 11 heteroatoms. The Balaban J connectivity index is 1.67. The van der Waals surface area contributed by atoms with Crippen molar-refractivity contribution in [1.82, 2.24) is 4.90 Å². The molecule has 2 amide bonds. The molecule has 0 aliphatic carbocycles. The van der Waals surface area contributed by atoms with Gasteiger partial charge in [0, 0.05) is 31.8 Å². The maximum atomic E-state index is 13.0. The first-order valence-corrected chi connectivity index (χ1v) is 11.1. The van der Waals surface area contributed by atoms with Crippen molar-refractivity contribution in [2.45, 2.75) is 25.7 Å². The maximum Gasteiger partial charge on any atom is 0.348 e. The minimum atomic E-state index is -1.81. The Morgan fingerprint density at radius 1 is 1.14 bits per heavy atom. The van der Waals surface area contributed by atoms with Crippen LogP contribution in [-0.2, 0) is 40.0 Å². The molecule has 0 unspecified atom stereocenters. The molecule has 1 fully saturated rings. The summed E-state index contributed by atoms with van der Waals surface area (Å²) in [7, 11) is 1.45. The topological polar surface area (TPSA) is 140 Å². The summed E-state index contributed by atoms with van der Waals surface area (Å²) in [4.78, 5) is 63.4. The number of aliphatic carboxylic acids is 1. The lowest BCUT2D eigenvalue weighted by Crippen LogP contribution is -2.55. The Kier molecular flexibility index (Phi) is 8.74. The van der Waals surface area contributed by atoms with Crippen LogP contribution in [0.1, 0.15) is 22.8 Å². The quantitative estimate of drug-likeness (QED) is 0.506. The zero-order chi connectivity index (χ0) is 26.2. The second-order valence-electron chi connectivity index (χ2n) is 8.01. The minimum absolute atomic E-state index is 0.00716. The van der Waals surface area contributed by atoms with E-state index >= 15 is 0 Å². The summed E-state index contributed by atoms with van der Waals surface area (Å²) in [6, 6.07) is 15.2. The number of hydrogen-bond donors (Lipinski definition) is 1. The van der Waals surface area contributed by atoms with Crippen LogP contribution in [0.5, 0.6) is 0 Å². The van der Waals surface area contributed by atoms with Gasteiger partial charge in [-0.05, 0) is 23.8 Å². The first kappa shape index (κ1) is 26.4. The van der Waals surface area contributed by atoms with Gasteiger partial charge in [-0.1, -0.05) is 36.4 Å². The average Bonchev–Trinajstić information content (AvgIpc) is 2.86. The Morgan fingerprint density at radius 3 is 2.53 bits per heavy atom. The molecule has 1 aliphatic heterocycles. The number of rotatable bonds is 9. The third-order valence-corrected chi connectivity index (χ3v) is 5.29. The third-order valence-electron chi connectivity index (χ3n) is 5.29. The van der Waals surface area contributed by atoms with Gasteiger partial charge in [-0.25, -0.2) is 4.79 Å². The van der Waals surface area contributed by atoms with Crippen molar-refractivity contribution in [2.24, 2.45) is 0 Å². The second kappa shape index (κ2) is 11.9. The van der Waals surface area contributed by atoms with E-state index in [1.165, 1.54) is 29.0 Å². The molecule has 1 heterocycles. The summed E-state index contributed by atoms with van der Waals surface area (Å²) in [5, 5.41) is 9.39. The molecule has 1 N–H and O–H groups in total. The fourth-order valence-electron chi connectivity index (χ4n) is 3.58. The monoisotopic (exact) mass is 498 g/mol. The summed E-state index contributed by atoms with van der Waals surface area (Å²) in [5.41, 5.74) is 1.35. The first-order valence-electron chi connectivity index (χ1n) is 11.1. The molecule has 2 aromatic rings. The predicted octanol–water partition coefficient (Wildman–Crippen LogP) is 1.25. The number of carboxylic acids is 1. The van der Waals surface area contributed by atoms with E-state index in [-0.39, 0.29) is 31.9 Å². The maximum absolute atomic E-state index is 13.0. The molecular weight excluding hydrogens is 472 g/mol. The number of carboxylic acid groups (broad SMARTS) is 1. The van der Waals surface area contributed by atoms with E-state index in [2.05, 4.69) is 0 Å². The standard InChI is InChI=1S/C25H26N2O9/c1-16(28)36-22(25(32)33)21-24(31)27(11-12-34-21)19-10-6-9-18(13-19)23(30)26(2)14-20(29)35-15-17-7-4-3-5-8-17/h3-10,13,21-22H,11-12,14-15H2,1-2H3,(H,32,33)/t21-,22-/m1/s1. The van der Waals surface area contributed by atoms with Crippen LogP contribution in [0.4, 0.5) is 5.69 Å². The molecule has 0 spiro atoms. The highest BCUT2D eigenvalue weighted by atomic mass is 16.6. The molecule has 0 aromatic heterocycles. The van der Waals surface area contributed by atoms with E-state index in [9.17, 15) is 29.1 Å². The van der Waals surface area contributed by atoms with Crippen molar-refractivity contribution in [3.8, 4) is 0 Å². The van der Waals surface area contributed by atoms with Crippen LogP contribution in [0.25, 0.3) is 0 Å². The zero-order valence-corrected chi connectivity index (χ0v) is 19.8. The molecule has 0 radical (unpaired) electrons. The van der Waals surface area contributed by atoms with Gasteiger partial charge in [0.2, 0.25) is 6.10 Å². The fourth-order valence-corrected chi connectivity index (χ4v) is 3.58. The van der Waals surface area contributed by atoms with Gasteiger partial charge in [0.1, 0.15) is 13.2 Å². The molecule has 3 rings (SSSR count). The van der Waals surface area contributed by atoms with E-state index < -0.39 is 41.9 Å². The van der Waals surface area contributed by atoms with Crippen LogP contribution < -0.4 is 4.90 Å². The Hall–Kier alpha value is -4.25. The highest BCUT2D eigenvalue weighted by Crippen LogP contribution is 2.23. The summed E-state index contributed by atoms with van der Waals surface area (Å²) >= 11 is 0. The van der Waals surface area contributed by atoms with Gasteiger partial charge >= 0.3 is 17.9 Å². The van der Waals surface area contributed by atoms with Crippen molar-refractivity contribution < 1.29 is 43.3 Å². The molecule has 1 saturated heterocycles. The van der Waals surface area contributed by atoms with Gasteiger partial charge in [-0.2, -0.15) is 0 Å². The van der Waals surface area contributed by atoms with Crippen molar-refractivity contribution in [3.05, 3.63) is 65.7 Å². The van der Waals surface area contributed by atoms with E-state index in [1.54, 1.807) is 12.1 Å². The van der Waals surface area contributed by atoms with Crippen LogP contribution in [0.3, 0.4) is 0 Å². The zero-order valence-electron chi connectivity index (χ0n) is 19.8. The van der Waals surface area contributed by atoms with Gasteiger partial charge in [0.15, 0.2) is 6.10 Å². The number of esters is 2. The summed E-state index contributed by atoms with van der Waals surface area (Å²) in [6.07, 6.45) is -3.35. The van der Waals surface area contributed by atoms with E-state index in [4.69, 9.17) is 14.2 Å². The molecule has 1 aliphatic rings. The van der Waals surface area contributed by atoms with Gasteiger partial charge in [0.05, 0.1) is 6.61 Å². The van der Waals surface area contributed by atoms with Crippen LogP contribution in [0.2, 0.25) is 0 Å². The molecule has 11 nitrogen and oxygen atoms in total. The Labute approximate surface area is 207 Å². The number of morpholine rings is 1. The molecule has 36 heavy (non-hydrogen) atoms. The number of amides is 2. The van der Waals surface area contributed by atoms with Crippen LogP contribution in [0.15, 0.2) is 54.6 Å². The van der Waals surface area contributed by atoms with Crippen molar-refractivity contribution in [1.29, 1.82) is 0 Å². The molecule has 0 bridgehead atoms. The van der Waals surface area contributed by atoms with Gasteiger partial charge in [0.25, 0.3) is 11.8 Å². The van der Waals surface area contributed by atoms with Crippen molar-refractivity contribution >= 4 is 35.4 Å². The molecule has 0 saturated carbocycles. The third kappa shape index (κ3) is 6.66. The number of ether oxygens (including phenoxy) is 3. The van der Waals surface area contributed by atoms with Crippen molar-refractivity contribution in [2.75, 3.05) is 31.6 Å². The van der Waals surface area contributed by atoms with E-state index in [0.29, 0.717) is 5.69 Å². The largest absolute Gasteiger partial charge is 0.478 e. The second-order valence-corrected chi connectivity index (χ2v) is 8.01. The smallest absolute Gasteiger partial charge is 0.348 e. The lowest BCUT2D eigenvalue weighted by Gasteiger charge is -2.34. The molecule has 2 aromatic carbocycles. The lowest BCUT2D eigenvalue weighted by atomic mass is 10.1. The number of benzene rings is 2. The SMILES string of the molecule is CC(=O)O[C@@H](C(=O)O)[C@H]1OCCN(c2cccc(C(=O)N(C)CC(=O)OCc3ccccc3)c2)C1=O. The van der Waals surface area contributed by atoms with Crippen LogP contribution in [0, 0.1) is 0 Å². The van der Waals surface area contributed by atoms with Crippen LogP contribution >= 0.6 is 0 Å². The highest BCUT2D eigenvalue weighted by Gasteiger charge is 2.42. The van der Waals surface area contributed by atoms with Gasteiger partial charge < -0.3 is 29.1 Å². The molecule has 190 valence electrons. The Morgan fingerprint density at radius 2 is 1.86 bits per heavy atom. The van der Waals surface area contributed by atoms with E-state index in [0.717, 1.165) is 12.5 Å². The van der Waals surface area contributed by atoms with Crippen LogP contribution in [-0.4, -0.2) is 78.7 Å². The Bertz CT molecular complexity index is 1140. The number of likely N-dealkylation sites (N-methyl/N-ethyl adjacent to an activating group) is 1. The number of anilines is 1. The van der Waals surface area contributed by atoms with Gasteiger partial charge in [-0.3, -0.25) is 19.2 Å². The minimum Gasteiger partial charge on any atom is -0.478 e. The average molecular weight is 498 g/mol. The van der Waals surface area contributed by atoms with Crippen molar-refractivity contribution in [3.63, 3.8) is 0 Å². The fraction of sp³-hybridized carbons (Fsp3) is 0.320. The summed E-state index contributed by atoms with van der Waals surface area (Å²) < 4.78 is 15.3. The normalized spacial score (nSPS) is 16.1. The summed E-state index contributed by atoms with van der Waals surface area (Å²) in [5.74, 6) is -4.17.